The van der Waals surface area contributed by atoms with E-state index in [2.05, 4.69) is 16.4 Å². The zero-order valence-corrected chi connectivity index (χ0v) is 11.2. The molecule has 2 aromatic rings. The van der Waals surface area contributed by atoms with Gasteiger partial charge < -0.3 is 9.88 Å². The van der Waals surface area contributed by atoms with Crippen LogP contribution in [0.15, 0.2) is 24.3 Å². The Morgan fingerprint density at radius 1 is 1.45 bits per heavy atom. The Morgan fingerprint density at radius 2 is 2.25 bits per heavy atom. The fraction of sp³-hybridized carbons (Fsp3) is 0.400. The molecule has 0 atom stereocenters. The van der Waals surface area contributed by atoms with Gasteiger partial charge in [0.05, 0.1) is 23.5 Å². The first-order valence-electron chi connectivity index (χ1n) is 6.88. The average molecular weight is 268 g/mol. The second-order valence-corrected chi connectivity index (χ2v) is 5.10. The van der Waals surface area contributed by atoms with Crippen molar-refractivity contribution in [2.24, 2.45) is 0 Å². The van der Waals surface area contributed by atoms with Gasteiger partial charge in [0.25, 0.3) is 0 Å². The summed E-state index contributed by atoms with van der Waals surface area (Å²) in [6.45, 7) is 0.566. The maximum Gasteiger partial charge on any atom is 0.222 e. The van der Waals surface area contributed by atoms with E-state index in [9.17, 15) is 4.79 Å². The first-order chi connectivity index (χ1) is 9.78. The van der Waals surface area contributed by atoms with Gasteiger partial charge >= 0.3 is 0 Å². The van der Waals surface area contributed by atoms with Crippen LogP contribution in [-0.4, -0.2) is 21.5 Å². The third kappa shape index (κ3) is 2.64. The Labute approximate surface area is 117 Å². The van der Waals surface area contributed by atoms with Crippen molar-refractivity contribution in [2.45, 2.75) is 38.3 Å². The van der Waals surface area contributed by atoms with Crippen LogP contribution in [0.5, 0.6) is 0 Å². The van der Waals surface area contributed by atoms with Crippen LogP contribution in [-0.2, 0) is 17.8 Å². The maximum atomic E-state index is 11.8. The molecule has 0 saturated heterocycles. The Morgan fingerprint density at radius 3 is 3.00 bits per heavy atom. The van der Waals surface area contributed by atoms with Crippen LogP contribution in [0.25, 0.3) is 11.0 Å². The van der Waals surface area contributed by atoms with Crippen LogP contribution in [0, 0.1) is 11.3 Å². The minimum absolute atomic E-state index is 0.0770. The number of nitriles is 1. The lowest BCUT2D eigenvalue weighted by molar-refractivity contribution is -0.121. The topological polar surface area (TPSA) is 70.7 Å². The molecule has 1 heterocycles. The Hall–Kier alpha value is -2.35. The van der Waals surface area contributed by atoms with Crippen LogP contribution in [0.3, 0.4) is 0 Å². The number of nitrogens with one attached hydrogen (secondary N) is 1. The van der Waals surface area contributed by atoms with Crippen LogP contribution in [0.2, 0.25) is 0 Å². The Kier molecular flexibility index (Phi) is 3.38. The monoisotopic (exact) mass is 268 g/mol. The number of hydrogen-bond donors (Lipinski definition) is 1. The van der Waals surface area contributed by atoms with Crippen molar-refractivity contribution in [2.75, 3.05) is 0 Å². The molecule has 1 amide bonds. The quantitative estimate of drug-likeness (QED) is 0.898. The van der Waals surface area contributed by atoms with Crippen LogP contribution >= 0.6 is 0 Å². The highest BCUT2D eigenvalue weighted by molar-refractivity contribution is 5.78. The normalized spacial score (nSPS) is 14.2. The molecule has 1 fully saturated rings. The van der Waals surface area contributed by atoms with Crippen molar-refractivity contribution in [1.29, 1.82) is 5.26 Å². The molecule has 20 heavy (non-hydrogen) atoms. The number of para-hydroxylation sites is 2. The lowest BCUT2D eigenvalue weighted by Crippen LogP contribution is -2.26. The molecule has 1 aliphatic carbocycles. The van der Waals surface area contributed by atoms with Gasteiger partial charge in [-0.1, -0.05) is 12.1 Å². The summed E-state index contributed by atoms with van der Waals surface area (Å²) in [5, 5.41) is 11.9. The Bertz CT molecular complexity index is 679. The van der Waals surface area contributed by atoms with E-state index >= 15 is 0 Å². The fourth-order valence-corrected chi connectivity index (χ4v) is 2.32. The maximum absolute atomic E-state index is 11.8. The van der Waals surface area contributed by atoms with Crippen LogP contribution < -0.4 is 5.32 Å². The average Bonchev–Trinajstić information content (AvgIpc) is 3.18. The van der Waals surface area contributed by atoms with Crippen molar-refractivity contribution in [1.82, 2.24) is 14.9 Å². The first kappa shape index (κ1) is 12.7. The number of carbonyl (C=O) groups excluding carboxylic acids is 1. The van der Waals surface area contributed by atoms with Crippen molar-refractivity contribution in [3.05, 3.63) is 30.1 Å². The molecule has 102 valence electrons. The smallest absolute Gasteiger partial charge is 0.222 e. The van der Waals surface area contributed by atoms with Gasteiger partial charge in [-0.05, 0) is 25.0 Å². The highest BCUT2D eigenvalue weighted by atomic mass is 16.1. The van der Waals surface area contributed by atoms with E-state index in [1.807, 2.05) is 28.8 Å². The summed E-state index contributed by atoms with van der Waals surface area (Å²) in [4.78, 5) is 16.2. The van der Waals surface area contributed by atoms with Gasteiger partial charge in [0.1, 0.15) is 5.82 Å². The molecule has 5 heteroatoms. The Balaban J connectivity index is 1.79. The summed E-state index contributed by atoms with van der Waals surface area (Å²) in [5.41, 5.74) is 1.86. The molecule has 0 aliphatic heterocycles. The molecule has 1 N–H and O–H groups in total. The van der Waals surface area contributed by atoms with Gasteiger partial charge in [0.15, 0.2) is 0 Å². The van der Waals surface area contributed by atoms with Gasteiger partial charge in [-0.3, -0.25) is 4.79 Å². The molecule has 5 nitrogen and oxygen atoms in total. The molecule has 0 radical (unpaired) electrons. The molecular weight excluding hydrogens is 252 g/mol. The third-order valence-electron chi connectivity index (χ3n) is 3.48. The standard InChI is InChI=1S/C15H16N4O/c16-9-7-14-18-12-3-1-2-4-13(12)19(14)10-8-15(20)17-11-5-6-11/h1-4,11H,5-8,10H2,(H,17,20). The highest BCUT2D eigenvalue weighted by Crippen LogP contribution is 2.19. The van der Waals surface area contributed by atoms with E-state index in [1.54, 1.807) is 0 Å². The minimum Gasteiger partial charge on any atom is -0.353 e. The van der Waals surface area contributed by atoms with Crippen molar-refractivity contribution in [3.8, 4) is 6.07 Å². The second kappa shape index (κ2) is 5.33. The van der Waals surface area contributed by atoms with Crippen molar-refractivity contribution >= 4 is 16.9 Å². The number of nitrogens with zero attached hydrogens (tertiary/aromatic N) is 3. The molecule has 0 bridgehead atoms. The molecule has 0 spiro atoms. The van der Waals surface area contributed by atoms with E-state index in [-0.39, 0.29) is 12.3 Å². The summed E-state index contributed by atoms with van der Waals surface area (Å²) < 4.78 is 1.98. The number of fused-ring (bicyclic) bond motifs is 1. The molecule has 1 aromatic heterocycles. The van der Waals surface area contributed by atoms with Gasteiger partial charge in [-0.25, -0.2) is 4.98 Å². The number of benzene rings is 1. The summed E-state index contributed by atoms with van der Waals surface area (Å²) in [6, 6.07) is 10.3. The SMILES string of the molecule is N#CCc1nc2ccccc2n1CCC(=O)NC1CC1. The summed E-state index contributed by atoms with van der Waals surface area (Å²) >= 11 is 0. The third-order valence-corrected chi connectivity index (χ3v) is 3.48. The zero-order valence-electron chi connectivity index (χ0n) is 11.2. The largest absolute Gasteiger partial charge is 0.353 e. The van der Waals surface area contributed by atoms with Crippen molar-refractivity contribution < 1.29 is 4.79 Å². The van der Waals surface area contributed by atoms with E-state index in [0.29, 0.717) is 19.0 Å². The summed E-state index contributed by atoms with van der Waals surface area (Å²) in [5.74, 6) is 0.807. The first-order valence-corrected chi connectivity index (χ1v) is 6.88. The van der Waals surface area contributed by atoms with E-state index in [0.717, 1.165) is 29.7 Å². The molecule has 1 aliphatic rings. The van der Waals surface area contributed by atoms with Crippen LogP contribution in [0.4, 0.5) is 0 Å². The number of aromatic nitrogens is 2. The van der Waals surface area contributed by atoms with Gasteiger partial charge in [-0.15, -0.1) is 0 Å². The van der Waals surface area contributed by atoms with Gasteiger partial charge in [0.2, 0.25) is 5.91 Å². The predicted octanol–water partition coefficient (Wildman–Crippen LogP) is 1.77. The lowest BCUT2D eigenvalue weighted by Gasteiger charge is -2.08. The summed E-state index contributed by atoms with van der Waals surface area (Å²) in [6.07, 6.45) is 2.88. The molecule has 0 unspecified atom stereocenters. The van der Waals surface area contributed by atoms with Crippen LogP contribution in [0.1, 0.15) is 25.1 Å². The number of amides is 1. The highest BCUT2D eigenvalue weighted by Gasteiger charge is 2.23. The predicted molar refractivity (Wildman–Crippen MR) is 74.8 cm³/mol. The van der Waals surface area contributed by atoms with Gasteiger partial charge in [0, 0.05) is 19.0 Å². The lowest BCUT2D eigenvalue weighted by atomic mass is 10.3. The minimum atomic E-state index is 0.0770. The molecule has 1 aromatic carbocycles. The van der Waals surface area contributed by atoms with E-state index in [4.69, 9.17) is 5.26 Å². The molecule has 3 rings (SSSR count). The van der Waals surface area contributed by atoms with Crippen molar-refractivity contribution in [3.63, 3.8) is 0 Å². The number of imidazole rings is 1. The number of hydrogen-bond acceptors (Lipinski definition) is 3. The van der Waals surface area contributed by atoms with E-state index in [1.165, 1.54) is 0 Å². The van der Waals surface area contributed by atoms with Gasteiger partial charge in [-0.2, -0.15) is 5.26 Å². The fourth-order valence-electron chi connectivity index (χ4n) is 2.32. The molecule has 1 saturated carbocycles. The zero-order chi connectivity index (χ0) is 13.9. The molecular formula is C15H16N4O. The number of rotatable bonds is 5. The number of aryl methyl sites for hydroxylation is 1. The number of carbonyl (C=O) groups is 1. The summed E-state index contributed by atoms with van der Waals surface area (Å²) in [7, 11) is 0. The van der Waals surface area contributed by atoms with E-state index < -0.39 is 0 Å². The second-order valence-electron chi connectivity index (χ2n) is 5.10.